The lowest BCUT2D eigenvalue weighted by molar-refractivity contribution is -0.121. The predicted molar refractivity (Wildman–Crippen MR) is 96.6 cm³/mol. The topological polar surface area (TPSA) is 58.6 Å². The van der Waals surface area contributed by atoms with Crippen molar-refractivity contribution < 1.29 is 23.1 Å². The molecule has 5 nitrogen and oxygen atoms in total. The highest BCUT2D eigenvalue weighted by Crippen LogP contribution is 2.23. The summed E-state index contributed by atoms with van der Waals surface area (Å²) in [4.78, 5) is 26.6. The molecule has 0 aromatic heterocycles. The molecule has 0 aliphatic carbocycles. The van der Waals surface area contributed by atoms with Gasteiger partial charge in [0.05, 0.1) is 12.8 Å². The zero-order valence-corrected chi connectivity index (χ0v) is 14.9. The van der Waals surface area contributed by atoms with Crippen LogP contribution in [0.1, 0.15) is 23.2 Å². The molecule has 1 heterocycles. The summed E-state index contributed by atoms with van der Waals surface area (Å²) in [5.74, 6) is -1.67. The number of hydrogen-bond donors (Lipinski definition) is 1. The van der Waals surface area contributed by atoms with Crippen LogP contribution in [0.15, 0.2) is 42.5 Å². The van der Waals surface area contributed by atoms with Crippen molar-refractivity contribution in [1.29, 1.82) is 0 Å². The number of anilines is 1. The lowest BCUT2D eigenvalue weighted by Crippen LogP contribution is -2.41. The maximum atomic E-state index is 13.7. The summed E-state index contributed by atoms with van der Waals surface area (Å²) >= 11 is 0. The van der Waals surface area contributed by atoms with E-state index in [1.807, 2.05) is 0 Å². The maximum absolute atomic E-state index is 13.7. The van der Waals surface area contributed by atoms with Gasteiger partial charge in [-0.25, -0.2) is 8.78 Å². The van der Waals surface area contributed by atoms with Gasteiger partial charge in [0.15, 0.2) is 0 Å². The van der Waals surface area contributed by atoms with Crippen molar-refractivity contribution in [3.63, 3.8) is 0 Å². The summed E-state index contributed by atoms with van der Waals surface area (Å²) < 4.78 is 31.8. The van der Waals surface area contributed by atoms with Crippen molar-refractivity contribution in [2.24, 2.45) is 5.92 Å². The van der Waals surface area contributed by atoms with Gasteiger partial charge in [-0.3, -0.25) is 9.59 Å². The van der Waals surface area contributed by atoms with Gasteiger partial charge in [-0.05, 0) is 43.2 Å². The first-order chi connectivity index (χ1) is 13.0. The van der Waals surface area contributed by atoms with Gasteiger partial charge in [0, 0.05) is 30.6 Å². The van der Waals surface area contributed by atoms with Crippen LogP contribution in [0.3, 0.4) is 0 Å². The second-order valence-electron chi connectivity index (χ2n) is 6.41. The van der Waals surface area contributed by atoms with E-state index >= 15 is 0 Å². The van der Waals surface area contributed by atoms with Crippen LogP contribution in [-0.4, -0.2) is 36.9 Å². The first-order valence-corrected chi connectivity index (χ1v) is 8.67. The second kappa shape index (κ2) is 8.16. The van der Waals surface area contributed by atoms with Crippen molar-refractivity contribution in [3.05, 3.63) is 59.7 Å². The fourth-order valence-electron chi connectivity index (χ4n) is 3.11. The van der Waals surface area contributed by atoms with Gasteiger partial charge in [0.25, 0.3) is 5.91 Å². The Kier molecular flexibility index (Phi) is 5.69. The van der Waals surface area contributed by atoms with Crippen LogP contribution in [0.25, 0.3) is 0 Å². The van der Waals surface area contributed by atoms with Crippen molar-refractivity contribution in [2.75, 3.05) is 25.5 Å². The average molecular weight is 374 g/mol. The van der Waals surface area contributed by atoms with Crippen LogP contribution in [0.4, 0.5) is 14.5 Å². The van der Waals surface area contributed by atoms with E-state index in [4.69, 9.17) is 4.74 Å². The largest absolute Gasteiger partial charge is 0.497 e. The van der Waals surface area contributed by atoms with Crippen molar-refractivity contribution >= 4 is 17.5 Å². The molecule has 3 rings (SSSR count). The fourth-order valence-corrected chi connectivity index (χ4v) is 3.11. The van der Waals surface area contributed by atoms with E-state index in [9.17, 15) is 18.4 Å². The molecule has 1 aliphatic heterocycles. The number of piperidine rings is 1. The Bertz CT molecular complexity index is 849. The van der Waals surface area contributed by atoms with Gasteiger partial charge in [0.1, 0.15) is 17.4 Å². The lowest BCUT2D eigenvalue weighted by atomic mass is 9.95. The average Bonchev–Trinajstić information content (AvgIpc) is 2.69. The van der Waals surface area contributed by atoms with E-state index in [0.717, 1.165) is 12.1 Å². The molecule has 0 spiro atoms. The van der Waals surface area contributed by atoms with E-state index in [1.165, 1.54) is 13.2 Å². The molecule has 2 aromatic rings. The molecule has 0 saturated carbocycles. The molecule has 7 heteroatoms. The van der Waals surface area contributed by atoms with E-state index in [2.05, 4.69) is 5.32 Å². The first kappa shape index (κ1) is 18.8. The standard InChI is InChI=1S/C20H20F2N2O3/c1-27-16-4-2-3-14(11-16)20(26)24-9-7-13(8-10-24)19(25)23-18-6-5-15(21)12-17(18)22/h2-6,11-13H,7-10H2,1H3,(H,23,25). The van der Waals surface area contributed by atoms with E-state index in [1.54, 1.807) is 29.2 Å². The van der Waals surface area contributed by atoms with Gasteiger partial charge in [0.2, 0.25) is 5.91 Å². The molecule has 0 bridgehead atoms. The molecule has 0 unspecified atom stereocenters. The van der Waals surface area contributed by atoms with Crippen LogP contribution < -0.4 is 10.1 Å². The van der Waals surface area contributed by atoms with Gasteiger partial charge in [-0.15, -0.1) is 0 Å². The maximum Gasteiger partial charge on any atom is 0.253 e. The number of nitrogens with zero attached hydrogens (tertiary/aromatic N) is 1. The van der Waals surface area contributed by atoms with Crippen molar-refractivity contribution in [1.82, 2.24) is 4.90 Å². The number of likely N-dealkylation sites (tertiary alicyclic amines) is 1. The molecule has 1 aliphatic rings. The molecule has 2 aromatic carbocycles. The lowest BCUT2D eigenvalue weighted by Gasteiger charge is -2.31. The minimum Gasteiger partial charge on any atom is -0.497 e. The van der Waals surface area contributed by atoms with Crippen LogP contribution in [-0.2, 0) is 4.79 Å². The Hall–Kier alpha value is -2.96. The van der Waals surface area contributed by atoms with E-state index < -0.39 is 11.6 Å². The third-order valence-electron chi connectivity index (χ3n) is 4.66. The first-order valence-electron chi connectivity index (χ1n) is 8.67. The Labute approximate surface area is 155 Å². The quantitative estimate of drug-likeness (QED) is 0.892. The van der Waals surface area contributed by atoms with Gasteiger partial charge >= 0.3 is 0 Å². The molecule has 1 fully saturated rings. The normalized spacial score (nSPS) is 14.7. The van der Waals surface area contributed by atoms with Gasteiger partial charge < -0.3 is 15.0 Å². The fraction of sp³-hybridized carbons (Fsp3) is 0.300. The summed E-state index contributed by atoms with van der Waals surface area (Å²) in [6, 6.07) is 9.94. The third-order valence-corrected chi connectivity index (χ3v) is 4.66. The zero-order chi connectivity index (χ0) is 19.4. The molecular weight excluding hydrogens is 354 g/mol. The number of halogens is 2. The highest BCUT2D eigenvalue weighted by Gasteiger charge is 2.28. The molecule has 0 atom stereocenters. The summed E-state index contributed by atoms with van der Waals surface area (Å²) in [5, 5.41) is 2.50. The molecule has 2 amide bonds. The number of hydrogen-bond acceptors (Lipinski definition) is 3. The number of amides is 2. The predicted octanol–water partition coefficient (Wildman–Crippen LogP) is 3.46. The number of ether oxygens (including phenoxy) is 1. The van der Waals surface area contributed by atoms with E-state index in [0.29, 0.717) is 37.2 Å². The van der Waals surface area contributed by atoms with Gasteiger partial charge in [-0.2, -0.15) is 0 Å². The second-order valence-corrected chi connectivity index (χ2v) is 6.41. The number of rotatable bonds is 4. The SMILES string of the molecule is COc1cccc(C(=O)N2CCC(C(=O)Nc3ccc(F)cc3F)CC2)c1. The number of carbonyl (C=O) groups excluding carboxylic acids is 2. The Morgan fingerprint density at radius 1 is 1.11 bits per heavy atom. The smallest absolute Gasteiger partial charge is 0.253 e. The number of carbonyl (C=O) groups is 2. The molecule has 0 radical (unpaired) electrons. The van der Waals surface area contributed by atoms with E-state index in [-0.39, 0.29) is 23.4 Å². The third kappa shape index (κ3) is 4.42. The van der Waals surface area contributed by atoms with Gasteiger partial charge in [-0.1, -0.05) is 6.07 Å². The minimum atomic E-state index is -0.811. The Morgan fingerprint density at radius 2 is 1.85 bits per heavy atom. The Balaban J connectivity index is 1.57. The highest BCUT2D eigenvalue weighted by molar-refractivity contribution is 5.95. The number of methoxy groups -OCH3 is 1. The monoisotopic (exact) mass is 374 g/mol. The van der Waals surface area contributed by atoms with Crippen LogP contribution >= 0.6 is 0 Å². The molecule has 1 N–H and O–H groups in total. The van der Waals surface area contributed by atoms with Crippen molar-refractivity contribution in [2.45, 2.75) is 12.8 Å². The summed E-state index contributed by atoms with van der Waals surface area (Å²) in [6.07, 6.45) is 0.953. The number of nitrogens with one attached hydrogen (secondary N) is 1. The van der Waals surface area contributed by atoms with Crippen LogP contribution in [0.5, 0.6) is 5.75 Å². The number of benzene rings is 2. The Morgan fingerprint density at radius 3 is 2.52 bits per heavy atom. The van der Waals surface area contributed by atoms with Crippen LogP contribution in [0.2, 0.25) is 0 Å². The summed E-state index contributed by atoms with van der Waals surface area (Å²) in [7, 11) is 1.54. The molecule has 27 heavy (non-hydrogen) atoms. The van der Waals surface area contributed by atoms with Crippen LogP contribution in [0, 0.1) is 17.6 Å². The minimum absolute atomic E-state index is 0.0451. The highest BCUT2D eigenvalue weighted by atomic mass is 19.1. The summed E-state index contributed by atoms with van der Waals surface area (Å²) in [5.41, 5.74) is 0.488. The summed E-state index contributed by atoms with van der Waals surface area (Å²) in [6.45, 7) is 0.861. The molecule has 142 valence electrons. The zero-order valence-electron chi connectivity index (χ0n) is 14.9. The molecular formula is C20H20F2N2O3. The van der Waals surface area contributed by atoms with Crippen molar-refractivity contribution in [3.8, 4) is 5.75 Å². The molecule has 1 saturated heterocycles.